The molecule has 90 valence electrons. The second kappa shape index (κ2) is 8.05. The van der Waals surface area contributed by atoms with Gasteiger partial charge in [-0.1, -0.05) is 0 Å². The van der Waals surface area contributed by atoms with Crippen LogP contribution in [0.1, 0.15) is 12.8 Å². The predicted molar refractivity (Wildman–Crippen MR) is 61.2 cm³/mol. The van der Waals surface area contributed by atoms with Crippen molar-refractivity contribution in [2.75, 3.05) is 53.6 Å². The number of methoxy groups -OCH3 is 1. The maximum Gasteiger partial charge on any atom is 0.0702 e. The van der Waals surface area contributed by atoms with E-state index in [0.717, 1.165) is 39.4 Å². The van der Waals surface area contributed by atoms with Crippen LogP contribution in [-0.2, 0) is 9.47 Å². The predicted octanol–water partition coefficient (Wildman–Crippen LogP) is 0.333. The molecule has 0 radical (unpaired) electrons. The molecule has 4 nitrogen and oxygen atoms in total. The molecule has 0 aliphatic carbocycles. The van der Waals surface area contributed by atoms with E-state index < -0.39 is 0 Å². The highest BCUT2D eigenvalue weighted by molar-refractivity contribution is 4.68. The van der Waals surface area contributed by atoms with Crippen LogP contribution >= 0.6 is 0 Å². The average Bonchev–Trinajstić information content (AvgIpc) is 2.70. The van der Waals surface area contributed by atoms with Gasteiger partial charge in [0.25, 0.3) is 0 Å². The molecule has 1 saturated heterocycles. The van der Waals surface area contributed by atoms with Crippen LogP contribution in [0.3, 0.4) is 0 Å². The van der Waals surface area contributed by atoms with E-state index in [-0.39, 0.29) is 0 Å². The van der Waals surface area contributed by atoms with Crippen molar-refractivity contribution in [2.24, 2.45) is 0 Å². The van der Waals surface area contributed by atoms with Gasteiger partial charge in [0.05, 0.1) is 12.7 Å². The Morgan fingerprint density at radius 1 is 1.47 bits per heavy atom. The number of likely N-dealkylation sites (N-methyl/N-ethyl adjacent to an activating group) is 1. The van der Waals surface area contributed by atoms with Gasteiger partial charge in [-0.3, -0.25) is 0 Å². The lowest BCUT2D eigenvalue weighted by atomic mass is 10.2. The third kappa shape index (κ3) is 6.10. The van der Waals surface area contributed by atoms with Gasteiger partial charge in [0, 0.05) is 39.9 Å². The van der Waals surface area contributed by atoms with Crippen molar-refractivity contribution < 1.29 is 9.47 Å². The molecule has 1 atom stereocenters. The van der Waals surface area contributed by atoms with Gasteiger partial charge in [0.1, 0.15) is 0 Å². The van der Waals surface area contributed by atoms with Gasteiger partial charge in [0.15, 0.2) is 0 Å². The fraction of sp³-hybridized carbons (Fsp3) is 1.00. The molecule has 0 saturated carbocycles. The number of nitrogens with zero attached hydrogens (tertiary/aromatic N) is 1. The fourth-order valence-corrected chi connectivity index (χ4v) is 1.80. The molecule has 0 bridgehead atoms. The molecule has 0 aromatic carbocycles. The van der Waals surface area contributed by atoms with Crippen molar-refractivity contribution in [3.05, 3.63) is 0 Å². The molecule has 0 amide bonds. The SMILES string of the molecule is COCCNCCN(C)CC1CCCO1. The minimum absolute atomic E-state index is 0.467. The molecule has 1 fully saturated rings. The topological polar surface area (TPSA) is 33.7 Å². The van der Waals surface area contributed by atoms with E-state index in [1.165, 1.54) is 12.8 Å². The van der Waals surface area contributed by atoms with Crippen LogP contribution in [0.4, 0.5) is 0 Å². The lowest BCUT2D eigenvalue weighted by Crippen LogP contribution is -2.35. The van der Waals surface area contributed by atoms with Gasteiger partial charge in [-0.25, -0.2) is 0 Å². The maximum absolute atomic E-state index is 5.59. The molecular weight excluding hydrogens is 192 g/mol. The maximum atomic E-state index is 5.59. The summed E-state index contributed by atoms with van der Waals surface area (Å²) in [4.78, 5) is 2.33. The van der Waals surface area contributed by atoms with E-state index in [0.29, 0.717) is 6.10 Å². The summed E-state index contributed by atoms with van der Waals surface area (Å²) in [7, 11) is 3.88. The highest BCUT2D eigenvalue weighted by Crippen LogP contribution is 2.12. The Kier molecular flexibility index (Phi) is 6.92. The normalized spacial score (nSPS) is 21.4. The first kappa shape index (κ1) is 12.9. The van der Waals surface area contributed by atoms with Crippen molar-refractivity contribution in [3.8, 4) is 0 Å². The number of hydrogen-bond acceptors (Lipinski definition) is 4. The molecule has 1 N–H and O–H groups in total. The molecule has 0 spiro atoms. The number of rotatable bonds is 8. The summed E-state index contributed by atoms with van der Waals surface area (Å²) in [6, 6.07) is 0. The lowest BCUT2D eigenvalue weighted by molar-refractivity contribution is 0.0813. The summed E-state index contributed by atoms with van der Waals surface area (Å²) in [5, 5.41) is 3.33. The van der Waals surface area contributed by atoms with Crippen LogP contribution in [0.25, 0.3) is 0 Å². The Balaban J connectivity index is 1.91. The first-order valence-corrected chi connectivity index (χ1v) is 5.82. The number of ether oxygens (including phenoxy) is 2. The third-order valence-corrected chi connectivity index (χ3v) is 2.69. The highest BCUT2D eigenvalue weighted by Gasteiger charge is 2.16. The molecule has 1 unspecified atom stereocenters. The van der Waals surface area contributed by atoms with Gasteiger partial charge in [-0.2, -0.15) is 0 Å². The van der Waals surface area contributed by atoms with E-state index in [1.54, 1.807) is 7.11 Å². The summed E-state index contributed by atoms with van der Waals surface area (Å²) < 4.78 is 10.5. The summed E-state index contributed by atoms with van der Waals surface area (Å²) in [6.07, 6.45) is 2.92. The first-order valence-electron chi connectivity index (χ1n) is 5.82. The molecule has 1 aliphatic rings. The summed E-state index contributed by atoms with van der Waals surface area (Å²) in [5.41, 5.74) is 0. The summed E-state index contributed by atoms with van der Waals surface area (Å²) in [5.74, 6) is 0. The Morgan fingerprint density at radius 3 is 3.00 bits per heavy atom. The molecule has 0 aromatic heterocycles. The van der Waals surface area contributed by atoms with Crippen molar-refractivity contribution in [2.45, 2.75) is 18.9 Å². The third-order valence-electron chi connectivity index (χ3n) is 2.69. The quantitative estimate of drug-likeness (QED) is 0.593. The smallest absolute Gasteiger partial charge is 0.0702 e. The summed E-state index contributed by atoms with van der Waals surface area (Å²) >= 11 is 0. The second-order valence-electron chi connectivity index (χ2n) is 4.14. The van der Waals surface area contributed by atoms with E-state index in [2.05, 4.69) is 17.3 Å². The van der Waals surface area contributed by atoms with Crippen LogP contribution in [0.2, 0.25) is 0 Å². The summed E-state index contributed by atoms with van der Waals surface area (Å²) in [6.45, 7) is 5.83. The van der Waals surface area contributed by atoms with Gasteiger partial charge >= 0.3 is 0 Å². The number of hydrogen-bond donors (Lipinski definition) is 1. The van der Waals surface area contributed by atoms with Gasteiger partial charge in [-0.15, -0.1) is 0 Å². The highest BCUT2D eigenvalue weighted by atomic mass is 16.5. The molecular formula is C11H24N2O2. The molecule has 0 aromatic rings. The van der Waals surface area contributed by atoms with Gasteiger partial charge in [0.2, 0.25) is 0 Å². The Hall–Kier alpha value is -0.160. The van der Waals surface area contributed by atoms with E-state index in [9.17, 15) is 0 Å². The molecule has 4 heteroatoms. The Bertz CT molecular complexity index is 150. The number of nitrogens with one attached hydrogen (secondary N) is 1. The zero-order valence-corrected chi connectivity index (χ0v) is 10.00. The van der Waals surface area contributed by atoms with E-state index >= 15 is 0 Å². The van der Waals surface area contributed by atoms with E-state index in [4.69, 9.17) is 9.47 Å². The Morgan fingerprint density at radius 2 is 2.33 bits per heavy atom. The largest absolute Gasteiger partial charge is 0.383 e. The van der Waals surface area contributed by atoms with Crippen LogP contribution < -0.4 is 5.32 Å². The fourth-order valence-electron chi connectivity index (χ4n) is 1.80. The zero-order valence-electron chi connectivity index (χ0n) is 10.00. The minimum Gasteiger partial charge on any atom is -0.383 e. The average molecular weight is 216 g/mol. The molecule has 15 heavy (non-hydrogen) atoms. The van der Waals surface area contributed by atoms with Crippen LogP contribution in [0, 0.1) is 0 Å². The van der Waals surface area contributed by atoms with Crippen LogP contribution in [0.5, 0.6) is 0 Å². The molecule has 1 heterocycles. The Labute approximate surface area is 92.9 Å². The van der Waals surface area contributed by atoms with Gasteiger partial charge < -0.3 is 19.7 Å². The van der Waals surface area contributed by atoms with Crippen LogP contribution in [-0.4, -0.2) is 64.6 Å². The van der Waals surface area contributed by atoms with Gasteiger partial charge in [-0.05, 0) is 19.9 Å². The van der Waals surface area contributed by atoms with Crippen LogP contribution in [0.15, 0.2) is 0 Å². The lowest BCUT2D eigenvalue weighted by Gasteiger charge is -2.20. The monoisotopic (exact) mass is 216 g/mol. The molecule has 1 aliphatic heterocycles. The molecule has 1 rings (SSSR count). The second-order valence-corrected chi connectivity index (χ2v) is 4.14. The van der Waals surface area contributed by atoms with Crippen molar-refractivity contribution in [1.82, 2.24) is 10.2 Å². The van der Waals surface area contributed by atoms with Crippen molar-refractivity contribution in [3.63, 3.8) is 0 Å². The van der Waals surface area contributed by atoms with Crippen molar-refractivity contribution in [1.29, 1.82) is 0 Å². The zero-order chi connectivity index (χ0) is 10.9. The minimum atomic E-state index is 0.467. The first-order chi connectivity index (χ1) is 7.33. The van der Waals surface area contributed by atoms with E-state index in [1.807, 2.05) is 0 Å². The van der Waals surface area contributed by atoms with Crippen molar-refractivity contribution >= 4 is 0 Å². The standard InChI is InChI=1S/C11H24N2O2/c1-13(7-5-12-6-9-14-2)10-11-4-3-8-15-11/h11-12H,3-10H2,1-2H3.